The Bertz CT molecular complexity index is 357. The molecule has 3 heteroatoms. The van der Waals surface area contributed by atoms with Crippen LogP contribution in [0.1, 0.15) is 37.9 Å². The third-order valence-electron chi connectivity index (χ3n) is 2.32. The van der Waals surface area contributed by atoms with Crippen molar-refractivity contribution in [2.24, 2.45) is 5.73 Å². The predicted molar refractivity (Wildman–Crippen MR) is 75.3 cm³/mol. The zero-order valence-electron chi connectivity index (χ0n) is 10.4. The molecule has 1 atom stereocenters. The average molecular weight is 258 g/mol. The van der Waals surface area contributed by atoms with Crippen molar-refractivity contribution in [3.8, 4) is 0 Å². The van der Waals surface area contributed by atoms with Crippen molar-refractivity contribution in [1.29, 1.82) is 0 Å². The lowest BCUT2D eigenvalue weighted by atomic mass is 10.1. The van der Waals surface area contributed by atoms with Gasteiger partial charge in [-0.05, 0) is 24.1 Å². The summed E-state index contributed by atoms with van der Waals surface area (Å²) in [4.78, 5) is 0. The Morgan fingerprint density at radius 1 is 1.38 bits per heavy atom. The van der Waals surface area contributed by atoms with Gasteiger partial charge in [0.1, 0.15) is 0 Å². The van der Waals surface area contributed by atoms with E-state index in [4.69, 9.17) is 17.3 Å². The van der Waals surface area contributed by atoms with E-state index in [2.05, 4.69) is 26.8 Å². The van der Waals surface area contributed by atoms with E-state index in [0.29, 0.717) is 0 Å². The molecule has 2 N–H and O–H groups in total. The Hall–Kier alpha value is -0.180. The first-order valence-electron chi connectivity index (χ1n) is 5.45. The van der Waals surface area contributed by atoms with Crippen LogP contribution in [0.2, 0.25) is 5.02 Å². The molecule has 0 radical (unpaired) electrons. The summed E-state index contributed by atoms with van der Waals surface area (Å²) in [6, 6.07) is 6.13. The van der Waals surface area contributed by atoms with Crippen molar-refractivity contribution in [1.82, 2.24) is 0 Å². The summed E-state index contributed by atoms with van der Waals surface area (Å²) >= 11 is 7.96. The molecule has 0 amide bonds. The molecule has 0 heterocycles. The quantitative estimate of drug-likeness (QED) is 0.879. The Morgan fingerprint density at radius 2 is 2.00 bits per heavy atom. The highest BCUT2D eigenvalue weighted by Crippen LogP contribution is 2.28. The highest BCUT2D eigenvalue weighted by atomic mass is 35.5. The average Bonchev–Trinajstić information content (AvgIpc) is 2.17. The lowest BCUT2D eigenvalue weighted by Gasteiger charge is -2.21. The lowest BCUT2D eigenvalue weighted by Crippen LogP contribution is -2.18. The van der Waals surface area contributed by atoms with Gasteiger partial charge in [-0.1, -0.05) is 44.5 Å². The fourth-order valence-electron chi connectivity index (χ4n) is 1.28. The number of aryl methyl sites for hydroxylation is 1. The first-order valence-corrected chi connectivity index (χ1v) is 6.81. The van der Waals surface area contributed by atoms with Crippen LogP contribution in [0.4, 0.5) is 0 Å². The van der Waals surface area contributed by atoms with E-state index in [0.717, 1.165) is 21.9 Å². The molecule has 0 aliphatic heterocycles. The lowest BCUT2D eigenvalue weighted by molar-refractivity contribution is 0.779. The minimum absolute atomic E-state index is 0.0577. The number of rotatable bonds is 3. The summed E-state index contributed by atoms with van der Waals surface area (Å²) in [6.07, 6.45) is 0. The fourth-order valence-corrected chi connectivity index (χ4v) is 2.34. The molecular weight excluding hydrogens is 238 g/mol. The van der Waals surface area contributed by atoms with E-state index in [-0.39, 0.29) is 10.8 Å². The van der Waals surface area contributed by atoms with Gasteiger partial charge in [-0.25, -0.2) is 0 Å². The monoisotopic (exact) mass is 257 g/mol. The molecule has 0 fully saturated rings. The third-order valence-corrected chi connectivity index (χ3v) is 4.12. The molecule has 1 aromatic rings. The maximum atomic E-state index is 6.14. The van der Waals surface area contributed by atoms with Gasteiger partial charge in [-0.3, -0.25) is 0 Å². The largest absolute Gasteiger partial charge is 0.323 e. The van der Waals surface area contributed by atoms with Gasteiger partial charge in [0.25, 0.3) is 0 Å². The molecule has 0 bridgehead atoms. The van der Waals surface area contributed by atoms with E-state index >= 15 is 0 Å². The first kappa shape index (κ1) is 13.9. The number of benzene rings is 1. The summed E-state index contributed by atoms with van der Waals surface area (Å²) in [5.74, 6) is 0.920. The van der Waals surface area contributed by atoms with Gasteiger partial charge in [0.2, 0.25) is 0 Å². The molecule has 0 aliphatic carbocycles. The third kappa shape index (κ3) is 4.36. The molecule has 90 valence electrons. The van der Waals surface area contributed by atoms with Crippen LogP contribution in [0.25, 0.3) is 0 Å². The molecule has 0 aliphatic rings. The number of halogens is 1. The first-order chi connectivity index (χ1) is 7.29. The van der Waals surface area contributed by atoms with Crippen molar-refractivity contribution in [3.63, 3.8) is 0 Å². The van der Waals surface area contributed by atoms with Crippen LogP contribution in [0.15, 0.2) is 18.2 Å². The van der Waals surface area contributed by atoms with Crippen molar-refractivity contribution < 1.29 is 0 Å². The van der Waals surface area contributed by atoms with E-state index < -0.39 is 0 Å². The number of thioether (sulfide) groups is 1. The molecule has 16 heavy (non-hydrogen) atoms. The van der Waals surface area contributed by atoms with Gasteiger partial charge < -0.3 is 5.73 Å². The smallest absolute Gasteiger partial charge is 0.0438 e. The van der Waals surface area contributed by atoms with E-state index in [9.17, 15) is 0 Å². The molecule has 0 saturated heterocycles. The van der Waals surface area contributed by atoms with Gasteiger partial charge >= 0.3 is 0 Å². The summed E-state index contributed by atoms with van der Waals surface area (Å²) < 4.78 is 0.256. The highest BCUT2D eigenvalue weighted by molar-refractivity contribution is 8.00. The van der Waals surface area contributed by atoms with Crippen molar-refractivity contribution >= 4 is 23.4 Å². The van der Waals surface area contributed by atoms with Gasteiger partial charge in [-0.2, -0.15) is 11.8 Å². The summed E-state index contributed by atoms with van der Waals surface area (Å²) in [5.41, 5.74) is 8.36. The zero-order chi connectivity index (χ0) is 12.3. The van der Waals surface area contributed by atoms with Crippen molar-refractivity contribution in [2.75, 3.05) is 5.75 Å². The predicted octanol–water partition coefficient (Wildman–Crippen LogP) is 4.18. The van der Waals surface area contributed by atoms with Crippen LogP contribution >= 0.6 is 23.4 Å². The molecule has 1 rings (SSSR count). The minimum atomic E-state index is 0.0577. The Balaban J connectivity index is 2.66. The molecule has 1 aromatic carbocycles. The number of nitrogens with two attached hydrogens (primary N) is 1. The molecule has 0 aromatic heterocycles. The SMILES string of the molecule is Cc1ccc(C(N)CSC(C)(C)C)cc1Cl. The van der Waals surface area contributed by atoms with Crippen LogP contribution in [-0.4, -0.2) is 10.5 Å². The summed E-state index contributed by atoms with van der Waals surface area (Å²) in [6.45, 7) is 8.60. The second-order valence-corrected chi connectivity index (χ2v) is 7.29. The maximum absolute atomic E-state index is 6.14. The molecule has 1 nitrogen and oxygen atoms in total. The van der Waals surface area contributed by atoms with Crippen LogP contribution in [-0.2, 0) is 0 Å². The summed E-state index contributed by atoms with van der Waals surface area (Å²) in [5, 5.41) is 0.800. The van der Waals surface area contributed by atoms with Crippen LogP contribution in [0.5, 0.6) is 0 Å². The number of hydrogen-bond donors (Lipinski definition) is 1. The second kappa shape index (κ2) is 5.44. The van der Waals surface area contributed by atoms with Crippen LogP contribution in [0, 0.1) is 6.92 Å². The van der Waals surface area contributed by atoms with Gasteiger partial charge in [0.05, 0.1) is 0 Å². The Kier molecular flexibility index (Phi) is 4.72. The van der Waals surface area contributed by atoms with Crippen molar-refractivity contribution in [2.45, 2.75) is 38.5 Å². The van der Waals surface area contributed by atoms with E-state index in [1.807, 2.05) is 30.8 Å². The maximum Gasteiger partial charge on any atom is 0.0438 e. The number of hydrogen-bond acceptors (Lipinski definition) is 2. The van der Waals surface area contributed by atoms with E-state index in [1.165, 1.54) is 0 Å². The highest BCUT2D eigenvalue weighted by Gasteiger charge is 2.14. The Morgan fingerprint density at radius 3 is 2.50 bits per heavy atom. The van der Waals surface area contributed by atoms with Gasteiger partial charge in [0.15, 0.2) is 0 Å². The minimum Gasteiger partial charge on any atom is -0.323 e. The van der Waals surface area contributed by atoms with Gasteiger partial charge in [-0.15, -0.1) is 0 Å². The van der Waals surface area contributed by atoms with Crippen molar-refractivity contribution in [3.05, 3.63) is 34.3 Å². The molecule has 1 unspecified atom stereocenters. The standard InChI is InChI=1S/C13H20ClNS/c1-9-5-6-10(7-11(9)14)12(15)8-16-13(2,3)4/h5-7,12H,8,15H2,1-4H3. The molecular formula is C13H20ClNS. The second-order valence-electron chi connectivity index (χ2n) is 5.04. The molecule has 0 saturated carbocycles. The van der Waals surface area contributed by atoms with E-state index in [1.54, 1.807) is 0 Å². The Labute approximate surface area is 108 Å². The van der Waals surface area contributed by atoms with Crippen LogP contribution < -0.4 is 5.73 Å². The van der Waals surface area contributed by atoms with Gasteiger partial charge in [0, 0.05) is 21.6 Å². The topological polar surface area (TPSA) is 26.0 Å². The zero-order valence-corrected chi connectivity index (χ0v) is 12.0. The fraction of sp³-hybridized carbons (Fsp3) is 0.538. The van der Waals surface area contributed by atoms with Crippen LogP contribution in [0.3, 0.4) is 0 Å². The normalized spacial score (nSPS) is 13.9. The molecule has 0 spiro atoms. The summed E-state index contributed by atoms with van der Waals surface area (Å²) in [7, 11) is 0.